The number of anilines is 2. The van der Waals surface area contributed by atoms with E-state index in [0.29, 0.717) is 36.9 Å². The number of fused-ring (bicyclic) bond motifs is 1. The van der Waals surface area contributed by atoms with Crippen molar-refractivity contribution in [1.82, 2.24) is 0 Å². The number of hydrogen-bond acceptors (Lipinski definition) is 5. The Bertz CT molecular complexity index is 872. The smallest absolute Gasteiger partial charge is 0.227 e. The molecule has 7 heteroatoms. The molecule has 0 aliphatic carbocycles. The Hall–Kier alpha value is -2.67. The molecule has 0 spiro atoms. The minimum Gasteiger partial charge on any atom is -0.490 e. The predicted molar refractivity (Wildman–Crippen MR) is 116 cm³/mol. The topological polar surface area (TPSA) is 67.9 Å². The fraction of sp³-hybridized carbons (Fsp3) is 0.364. The van der Waals surface area contributed by atoms with Gasteiger partial charge in [0, 0.05) is 41.8 Å². The second-order valence-corrected chi connectivity index (χ2v) is 7.57. The van der Waals surface area contributed by atoms with Gasteiger partial charge in [-0.1, -0.05) is 12.1 Å². The van der Waals surface area contributed by atoms with Crippen molar-refractivity contribution in [3.8, 4) is 11.5 Å². The zero-order chi connectivity index (χ0) is 20.6. The monoisotopic (exact) mass is 414 g/mol. The van der Waals surface area contributed by atoms with E-state index in [1.54, 1.807) is 34.9 Å². The Morgan fingerprint density at radius 3 is 2.59 bits per heavy atom. The van der Waals surface area contributed by atoms with Crippen LogP contribution in [0.3, 0.4) is 0 Å². The first-order valence-corrected chi connectivity index (χ1v) is 10.8. The summed E-state index contributed by atoms with van der Waals surface area (Å²) in [7, 11) is 0. The maximum atomic E-state index is 12.7. The Labute approximate surface area is 175 Å². The number of nitrogens with one attached hydrogen (secondary N) is 1. The van der Waals surface area contributed by atoms with Crippen LogP contribution in [0.2, 0.25) is 0 Å². The number of para-hydroxylation sites is 1. The van der Waals surface area contributed by atoms with Crippen LogP contribution in [0.15, 0.2) is 47.4 Å². The molecule has 3 rings (SSSR count). The van der Waals surface area contributed by atoms with Gasteiger partial charge in [-0.15, -0.1) is 11.8 Å². The molecule has 1 heterocycles. The van der Waals surface area contributed by atoms with Crippen LogP contribution in [0.4, 0.5) is 11.4 Å². The standard InChI is InChI=1S/C22H26N2O4S/c1-3-27-18-10-9-16(15-19(18)28-4-2)23-21(25)11-12-22(26)24-13-14-29-20-8-6-5-7-17(20)24/h5-10,15H,3-4,11-14H2,1-2H3,(H,23,25). The van der Waals surface area contributed by atoms with Gasteiger partial charge in [0.2, 0.25) is 11.8 Å². The minimum absolute atomic E-state index is 0.0328. The molecular formula is C22H26N2O4S. The lowest BCUT2D eigenvalue weighted by molar-refractivity contribution is -0.122. The number of amides is 2. The van der Waals surface area contributed by atoms with Crippen LogP contribution < -0.4 is 19.7 Å². The summed E-state index contributed by atoms with van der Waals surface area (Å²) in [5.41, 5.74) is 1.55. The van der Waals surface area contributed by atoms with E-state index < -0.39 is 0 Å². The third-order valence-electron chi connectivity index (χ3n) is 4.42. The first-order chi connectivity index (χ1) is 14.1. The van der Waals surface area contributed by atoms with Crippen LogP contribution in [0, 0.1) is 0 Å². The zero-order valence-electron chi connectivity index (χ0n) is 16.8. The second-order valence-electron chi connectivity index (χ2n) is 6.44. The van der Waals surface area contributed by atoms with Crippen molar-refractivity contribution in [2.75, 3.05) is 35.7 Å². The van der Waals surface area contributed by atoms with Gasteiger partial charge < -0.3 is 19.7 Å². The summed E-state index contributed by atoms with van der Waals surface area (Å²) in [6.45, 7) is 5.50. The van der Waals surface area contributed by atoms with E-state index >= 15 is 0 Å². The van der Waals surface area contributed by atoms with E-state index in [2.05, 4.69) is 5.32 Å². The lowest BCUT2D eigenvalue weighted by atomic mass is 10.2. The molecule has 0 aromatic heterocycles. The van der Waals surface area contributed by atoms with Gasteiger partial charge in [-0.05, 0) is 38.1 Å². The molecule has 0 unspecified atom stereocenters. The number of carbonyl (C=O) groups excluding carboxylic acids is 2. The summed E-state index contributed by atoms with van der Waals surface area (Å²) < 4.78 is 11.1. The number of thioether (sulfide) groups is 1. The van der Waals surface area contributed by atoms with E-state index in [-0.39, 0.29) is 24.7 Å². The van der Waals surface area contributed by atoms with E-state index in [0.717, 1.165) is 16.3 Å². The summed E-state index contributed by atoms with van der Waals surface area (Å²) in [6.07, 6.45) is 0.294. The van der Waals surface area contributed by atoms with Crippen LogP contribution in [0.1, 0.15) is 26.7 Å². The summed E-state index contributed by atoms with van der Waals surface area (Å²) in [5.74, 6) is 1.86. The van der Waals surface area contributed by atoms with Gasteiger partial charge in [0.15, 0.2) is 11.5 Å². The number of hydrogen-bond donors (Lipinski definition) is 1. The van der Waals surface area contributed by atoms with E-state index in [1.807, 2.05) is 38.1 Å². The molecule has 0 saturated carbocycles. The highest BCUT2D eigenvalue weighted by atomic mass is 32.2. The van der Waals surface area contributed by atoms with Gasteiger partial charge >= 0.3 is 0 Å². The number of benzene rings is 2. The highest BCUT2D eigenvalue weighted by molar-refractivity contribution is 7.99. The molecule has 2 amide bonds. The normalized spacial score (nSPS) is 12.8. The molecule has 2 aromatic carbocycles. The molecule has 0 fully saturated rings. The highest BCUT2D eigenvalue weighted by Crippen LogP contribution is 2.35. The van der Waals surface area contributed by atoms with Crippen molar-refractivity contribution in [2.45, 2.75) is 31.6 Å². The fourth-order valence-electron chi connectivity index (χ4n) is 3.14. The lowest BCUT2D eigenvalue weighted by Gasteiger charge is -2.29. The van der Waals surface area contributed by atoms with E-state index in [9.17, 15) is 9.59 Å². The highest BCUT2D eigenvalue weighted by Gasteiger charge is 2.23. The van der Waals surface area contributed by atoms with Crippen LogP contribution >= 0.6 is 11.8 Å². The Kier molecular flexibility index (Phi) is 7.41. The van der Waals surface area contributed by atoms with Crippen molar-refractivity contribution in [1.29, 1.82) is 0 Å². The second kappa shape index (κ2) is 10.2. The number of rotatable bonds is 8. The molecule has 6 nitrogen and oxygen atoms in total. The molecule has 1 N–H and O–H groups in total. The third-order valence-corrected chi connectivity index (χ3v) is 5.47. The molecule has 0 saturated heterocycles. The first kappa shape index (κ1) is 21.0. The number of ether oxygens (including phenoxy) is 2. The average molecular weight is 415 g/mol. The van der Waals surface area contributed by atoms with E-state index in [1.165, 1.54) is 0 Å². The maximum Gasteiger partial charge on any atom is 0.227 e. The van der Waals surface area contributed by atoms with Crippen molar-refractivity contribution < 1.29 is 19.1 Å². The van der Waals surface area contributed by atoms with Gasteiger partial charge in [-0.25, -0.2) is 0 Å². The molecule has 29 heavy (non-hydrogen) atoms. The Morgan fingerprint density at radius 2 is 1.79 bits per heavy atom. The van der Waals surface area contributed by atoms with E-state index in [4.69, 9.17) is 9.47 Å². The molecule has 1 aliphatic rings. The van der Waals surface area contributed by atoms with Crippen molar-refractivity contribution in [3.63, 3.8) is 0 Å². The van der Waals surface area contributed by atoms with Crippen LogP contribution in [0.25, 0.3) is 0 Å². The first-order valence-electron chi connectivity index (χ1n) is 9.84. The Balaban J connectivity index is 1.58. The fourth-order valence-corrected chi connectivity index (χ4v) is 4.13. The van der Waals surface area contributed by atoms with Gasteiger partial charge in [-0.2, -0.15) is 0 Å². The molecule has 0 radical (unpaired) electrons. The maximum absolute atomic E-state index is 12.7. The van der Waals surface area contributed by atoms with Crippen molar-refractivity contribution in [3.05, 3.63) is 42.5 Å². The number of carbonyl (C=O) groups is 2. The molecule has 2 aromatic rings. The van der Waals surface area contributed by atoms with Gasteiger partial charge in [0.25, 0.3) is 0 Å². The van der Waals surface area contributed by atoms with Gasteiger partial charge in [0.05, 0.1) is 18.9 Å². The van der Waals surface area contributed by atoms with Crippen molar-refractivity contribution in [2.24, 2.45) is 0 Å². The van der Waals surface area contributed by atoms with Crippen molar-refractivity contribution >= 4 is 35.0 Å². The predicted octanol–water partition coefficient (Wildman–Crippen LogP) is 4.34. The lowest BCUT2D eigenvalue weighted by Crippen LogP contribution is -2.35. The van der Waals surface area contributed by atoms with Crippen LogP contribution in [0.5, 0.6) is 11.5 Å². The SMILES string of the molecule is CCOc1ccc(NC(=O)CCC(=O)N2CCSc3ccccc32)cc1OCC. The Morgan fingerprint density at radius 1 is 1.03 bits per heavy atom. The molecule has 154 valence electrons. The summed E-state index contributed by atoms with van der Waals surface area (Å²) >= 11 is 1.75. The molecule has 0 atom stereocenters. The summed E-state index contributed by atoms with van der Waals surface area (Å²) in [6, 6.07) is 13.2. The third kappa shape index (κ3) is 5.44. The summed E-state index contributed by atoms with van der Waals surface area (Å²) in [4.78, 5) is 27.9. The number of nitrogens with zero attached hydrogens (tertiary/aromatic N) is 1. The molecular weight excluding hydrogens is 388 g/mol. The average Bonchev–Trinajstić information content (AvgIpc) is 2.74. The van der Waals surface area contributed by atoms with Gasteiger partial charge in [-0.3, -0.25) is 9.59 Å². The van der Waals surface area contributed by atoms with Crippen LogP contribution in [-0.2, 0) is 9.59 Å². The molecule has 0 bridgehead atoms. The van der Waals surface area contributed by atoms with Gasteiger partial charge in [0.1, 0.15) is 0 Å². The summed E-state index contributed by atoms with van der Waals surface area (Å²) in [5, 5.41) is 2.84. The minimum atomic E-state index is -0.204. The largest absolute Gasteiger partial charge is 0.490 e. The van der Waals surface area contributed by atoms with Crippen LogP contribution in [-0.4, -0.2) is 37.3 Å². The quantitative estimate of drug-likeness (QED) is 0.696. The zero-order valence-corrected chi connectivity index (χ0v) is 17.6. The molecule has 1 aliphatic heterocycles.